The van der Waals surface area contributed by atoms with Crippen molar-refractivity contribution in [3.8, 4) is 22.5 Å². The van der Waals surface area contributed by atoms with Crippen LogP contribution in [0.15, 0.2) is 128 Å². The SMILES string of the molecule is Cc1ccnc(-c2ccc3c(c2)B2c4cc(-c5cc(C)ccn5)ccc4N(c4c(C)cccc4C)c4cccc(c42)N3c2c(C)cccc2C)c1. The van der Waals surface area contributed by atoms with Crippen LogP contribution in [0.1, 0.15) is 33.4 Å². The number of benzene rings is 5. The summed E-state index contributed by atoms with van der Waals surface area (Å²) in [6.45, 7) is 13.2. The van der Waals surface area contributed by atoms with Gasteiger partial charge in [0.25, 0.3) is 6.71 Å². The lowest BCUT2D eigenvalue weighted by atomic mass is 9.33. The molecule has 0 saturated heterocycles. The molecule has 0 radical (unpaired) electrons. The first-order valence-electron chi connectivity index (χ1n) is 17.8. The van der Waals surface area contributed by atoms with Crippen molar-refractivity contribution in [3.63, 3.8) is 0 Å². The Morgan fingerprint density at radius 2 is 0.843 bits per heavy atom. The number of aryl methyl sites for hydroxylation is 6. The Morgan fingerprint density at radius 3 is 1.25 bits per heavy atom. The fourth-order valence-electron chi connectivity index (χ4n) is 8.45. The van der Waals surface area contributed by atoms with Crippen LogP contribution in [0, 0.1) is 41.5 Å². The number of aromatic nitrogens is 2. The molecule has 4 nitrogen and oxygen atoms in total. The zero-order chi connectivity index (χ0) is 35.0. The highest BCUT2D eigenvalue weighted by Gasteiger charge is 2.44. The Bertz CT molecular complexity index is 2320. The molecule has 0 bridgehead atoms. The van der Waals surface area contributed by atoms with Gasteiger partial charge in [-0.05, 0) is 151 Å². The summed E-state index contributed by atoms with van der Waals surface area (Å²) in [7, 11) is 0. The van der Waals surface area contributed by atoms with Crippen molar-refractivity contribution in [1.82, 2.24) is 9.97 Å². The van der Waals surface area contributed by atoms with E-state index in [0.29, 0.717) is 0 Å². The average molecular weight is 659 g/mol. The van der Waals surface area contributed by atoms with Gasteiger partial charge in [-0.2, -0.15) is 0 Å². The summed E-state index contributed by atoms with van der Waals surface area (Å²) in [6, 6.07) is 42.5. The molecule has 7 aromatic rings. The van der Waals surface area contributed by atoms with Crippen LogP contribution in [-0.2, 0) is 0 Å². The second kappa shape index (κ2) is 11.8. The summed E-state index contributed by atoms with van der Waals surface area (Å²) in [4.78, 5) is 14.7. The molecule has 9 rings (SSSR count). The van der Waals surface area contributed by atoms with Crippen LogP contribution in [0.5, 0.6) is 0 Å². The third-order valence-corrected chi connectivity index (χ3v) is 10.7. The van der Waals surface area contributed by atoms with Gasteiger partial charge in [-0.25, -0.2) is 0 Å². The molecule has 0 aliphatic carbocycles. The van der Waals surface area contributed by atoms with Crippen LogP contribution in [0.25, 0.3) is 22.5 Å². The summed E-state index contributed by atoms with van der Waals surface area (Å²) in [5, 5.41) is 0. The van der Waals surface area contributed by atoms with E-state index in [4.69, 9.17) is 9.97 Å². The molecule has 0 saturated carbocycles. The molecular weight excluding hydrogens is 619 g/mol. The highest BCUT2D eigenvalue weighted by Crippen LogP contribution is 2.47. The van der Waals surface area contributed by atoms with Gasteiger partial charge in [0, 0.05) is 35.1 Å². The molecule has 5 aromatic carbocycles. The molecule has 246 valence electrons. The Kier molecular flexibility index (Phi) is 7.22. The van der Waals surface area contributed by atoms with Gasteiger partial charge in [-0.1, -0.05) is 66.7 Å². The summed E-state index contributed by atoms with van der Waals surface area (Å²) >= 11 is 0. The third-order valence-electron chi connectivity index (χ3n) is 10.7. The maximum absolute atomic E-state index is 4.84. The number of fused-ring (bicyclic) bond motifs is 4. The topological polar surface area (TPSA) is 32.3 Å². The lowest BCUT2D eigenvalue weighted by molar-refractivity contribution is 1.20. The van der Waals surface area contributed by atoms with E-state index in [1.165, 1.54) is 83.9 Å². The lowest BCUT2D eigenvalue weighted by Gasteiger charge is -2.45. The molecule has 0 N–H and O–H groups in total. The van der Waals surface area contributed by atoms with Gasteiger partial charge in [0.05, 0.1) is 22.8 Å². The van der Waals surface area contributed by atoms with E-state index in [2.05, 4.69) is 167 Å². The van der Waals surface area contributed by atoms with Gasteiger partial charge in [0.15, 0.2) is 0 Å². The standard InChI is InChI=1S/C46H39BN4/c1-28-20-22-48-38(24-28)34-16-18-40-36(26-34)47-37-27-35(39-25-29(2)21-23-49-39)17-19-41(37)51(46-32(5)12-8-13-33(46)6)43-15-9-14-42(44(43)47)50(40)45-30(3)10-7-11-31(45)4/h7-27H,1-6H3. The predicted molar refractivity (Wildman–Crippen MR) is 215 cm³/mol. The van der Waals surface area contributed by atoms with Gasteiger partial charge in [-0.15, -0.1) is 0 Å². The summed E-state index contributed by atoms with van der Waals surface area (Å²) in [6.07, 6.45) is 3.83. The summed E-state index contributed by atoms with van der Waals surface area (Å²) < 4.78 is 0. The fraction of sp³-hybridized carbons (Fsp3) is 0.130. The van der Waals surface area contributed by atoms with E-state index < -0.39 is 0 Å². The summed E-state index contributed by atoms with van der Waals surface area (Å²) in [5.74, 6) is 0. The maximum Gasteiger partial charge on any atom is 0.252 e. The van der Waals surface area contributed by atoms with Crippen LogP contribution in [0.4, 0.5) is 34.1 Å². The van der Waals surface area contributed by atoms with E-state index in [1.807, 2.05) is 12.4 Å². The molecule has 2 aromatic heterocycles. The fourth-order valence-corrected chi connectivity index (χ4v) is 8.45. The first-order chi connectivity index (χ1) is 24.8. The maximum atomic E-state index is 4.84. The number of pyridine rings is 2. The molecule has 51 heavy (non-hydrogen) atoms. The van der Waals surface area contributed by atoms with Crippen LogP contribution in [0.2, 0.25) is 0 Å². The number of para-hydroxylation sites is 2. The van der Waals surface area contributed by atoms with Crippen molar-refractivity contribution >= 4 is 57.2 Å². The first-order valence-corrected chi connectivity index (χ1v) is 17.8. The lowest BCUT2D eigenvalue weighted by Crippen LogP contribution is -2.61. The Balaban J connectivity index is 1.40. The zero-order valence-electron chi connectivity index (χ0n) is 30.0. The van der Waals surface area contributed by atoms with Gasteiger partial charge in [-0.3, -0.25) is 9.97 Å². The Labute approximate surface area is 301 Å². The second-order valence-corrected chi connectivity index (χ2v) is 14.3. The van der Waals surface area contributed by atoms with Crippen molar-refractivity contribution in [1.29, 1.82) is 0 Å². The van der Waals surface area contributed by atoms with Gasteiger partial charge >= 0.3 is 0 Å². The quantitative estimate of drug-likeness (QED) is 0.176. The number of nitrogens with zero attached hydrogens (tertiary/aromatic N) is 4. The summed E-state index contributed by atoms with van der Waals surface area (Å²) in [5.41, 5.74) is 22.7. The minimum atomic E-state index is -0.0168. The third kappa shape index (κ3) is 4.91. The van der Waals surface area contributed by atoms with Gasteiger partial charge < -0.3 is 9.80 Å². The average Bonchev–Trinajstić information content (AvgIpc) is 3.12. The number of anilines is 6. The number of hydrogen-bond acceptors (Lipinski definition) is 4. The van der Waals surface area contributed by atoms with Crippen molar-refractivity contribution < 1.29 is 0 Å². The predicted octanol–water partition coefficient (Wildman–Crippen LogP) is 9.74. The monoisotopic (exact) mass is 658 g/mol. The molecule has 0 spiro atoms. The second-order valence-electron chi connectivity index (χ2n) is 14.3. The van der Waals surface area contributed by atoms with E-state index in [0.717, 1.165) is 22.5 Å². The Hall–Kier alpha value is -5.94. The van der Waals surface area contributed by atoms with Crippen molar-refractivity contribution in [2.45, 2.75) is 41.5 Å². The largest absolute Gasteiger partial charge is 0.311 e. The molecule has 0 fully saturated rings. The minimum absolute atomic E-state index is 0.0168. The van der Waals surface area contributed by atoms with E-state index in [-0.39, 0.29) is 6.71 Å². The molecule has 2 aliphatic rings. The molecule has 4 heterocycles. The van der Waals surface area contributed by atoms with Gasteiger partial charge in [0.2, 0.25) is 0 Å². The molecule has 0 atom stereocenters. The molecule has 0 unspecified atom stereocenters. The van der Waals surface area contributed by atoms with E-state index in [9.17, 15) is 0 Å². The molecule has 5 heteroatoms. The molecule has 0 amide bonds. The first kappa shape index (κ1) is 31.1. The van der Waals surface area contributed by atoms with Crippen molar-refractivity contribution in [2.24, 2.45) is 0 Å². The van der Waals surface area contributed by atoms with Crippen molar-refractivity contribution in [2.75, 3.05) is 9.80 Å². The van der Waals surface area contributed by atoms with E-state index >= 15 is 0 Å². The number of rotatable bonds is 4. The minimum Gasteiger partial charge on any atom is -0.311 e. The van der Waals surface area contributed by atoms with Crippen molar-refractivity contribution in [3.05, 3.63) is 161 Å². The zero-order valence-corrected chi connectivity index (χ0v) is 30.0. The normalized spacial score (nSPS) is 12.8. The molecule has 2 aliphatic heterocycles. The highest BCUT2D eigenvalue weighted by atomic mass is 15.2. The van der Waals surface area contributed by atoms with Crippen LogP contribution in [-0.4, -0.2) is 16.7 Å². The number of hydrogen-bond donors (Lipinski definition) is 0. The van der Waals surface area contributed by atoms with E-state index in [1.54, 1.807) is 0 Å². The molecular formula is C46H39BN4. The smallest absolute Gasteiger partial charge is 0.252 e. The van der Waals surface area contributed by atoms with Crippen LogP contribution in [0.3, 0.4) is 0 Å². The van der Waals surface area contributed by atoms with Crippen LogP contribution < -0.4 is 26.2 Å². The van der Waals surface area contributed by atoms with Crippen LogP contribution >= 0.6 is 0 Å². The highest BCUT2D eigenvalue weighted by molar-refractivity contribution is 7.00. The Morgan fingerprint density at radius 1 is 0.431 bits per heavy atom. The van der Waals surface area contributed by atoms with Gasteiger partial charge in [0.1, 0.15) is 0 Å².